The van der Waals surface area contributed by atoms with Gasteiger partial charge in [-0.15, -0.1) is 0 Å². The van der Waals surface area contributed by atoms with Crippen molar-refractivity contribution in [2.75, 3.05) is 32.0 Å². The Bertz CT molecular complexity index is 509. The molecule has 0 spiro atoms. The zero-order chi connectivity index (χ0) is 14.7. The number of nitrogens with one attached hydrogen (secondary N) is 2. The lowest BCUT2D eigenvalue weighted by Crippen LogP contribution is -2.39. The Morgan fingerprint density at radius 3 is 3.00 bits per heavy atom. The third-order valence-electron chi connectivity index (χ3n) is 4.49. The number of hydrogen-bond donors (Lipinski definition) is 2. The Morgan fingerprint density at radius 1 is 1.33 bits per heavy atom. The van der Waals surface area contributed by atoms with Crippen LogP contribution in [0.4, 0.5) is 5.69 Å². The molecule has 1 aromatic carbocycles. The molecule has 1 unspecified atom stereocenters. The Hall–Kier alpha value is -1.39. The number of anilines is 1. The summed E-state index contributed by atoms with van der Waals surface area (Å²) in [4.78, 5) is 14.2. The van der Waals surface area contributed by atoms with Gasteiger partial charge in [0.05, 0.1) is 6.54 Å². The second kappa shape index (κ2) is 6.58. The molecule has 2 aliphatic rings. The monoisotopic (exact) mass is 287 g/mol. The van der Waals surface area contributed by atoms with Crippen LogP contribution < -0.4 is 10.6 Å². The van der Waals surface area contributed by atoms with E-state index in [0.29, 0.717) is 12.6 Å². The van der Waals surface area contributed by atoms with Gasteiger partial charge in [0.15, 0.2) is 0 Å². The lowest BCUT2D eigenvalue weighted by molar-refractivity contribution is -0.117. The van der Waals surface area contributed by atoms with Crippen LogP contribution in [0.15, 0.2) is 18.2 Å². The number of fused-ring (bicyclic) bond motifs is 1. The zero-order valence-electron chi connectivity index (χ0n) is 12.8. The van der Waals surface area contributed by atoms with E-state index in [1.165, 1.54) is 36.8 Å². The third-order valence-corrected chi connectivity index (χ3v) is 4.49. The molecule has 0 radical (unpaired) electrons. The third kappa shape index (κ3) is 3.83. The second-order valence-electron chi connectivity index (χ2n) is 6.38. The highest BCUT2D eigenvalue weighted by Gasteiger charge is 2.17. The molecule has 0 saturated carbocycles. The minimum Gasteiger partial charge on any atom is -0.325 e. The summed E-state index contributed by atoms with van der Waals surface area (Å²) >= 11 is 0. The summed E-state index contributed by atoms with van der Waals surface area (Å²) in [6.07, 6.45) is 6.04. The van der Waals surface area contributed by atoms with Crippen molar-refractivity contribution in [1.29, 1.82) is 0 Å². The molecule has 1 atom stereocenters. The highest BCUT2D eigenvalue weighted by Crippen LogP contribution is 2.24. The maximum atomic E-state index is 12.1. The van der Waals surface area contributed by atoms with Crippen LogP contribution in [0.2, 0.25) is 0 Å². The van der Waals surface area contributed by atoms with Gasteiger partial charge in [-0.1, -0.05) is 6.07 Å². The molecule has 1 saturated heterocycles. The van der Waals surface area contributed by atoms with E-state index in [9.17, 15) is 4.79 Å². The number of likely N-dealkylation sites (N-methyl/N-ethyl adjacent to an activating group) is 1. The van der Waals surface area contributed by atoms with Gasteiger partial charge in [0, 0.05) is 18.3 Å². The number of amides is 1. The standard InChI is InChI=1S/C17H25N3O/c1-20(11-16-6-3-9-18-16)12-17(21)19-15-8-7-13-4-2-5-14(13)10-15/h7-8,10,16,18H,2-6,9,11-12H2,1H3,(H,19,21). The van der Waals surface area contributed by atoms with Crippen molar-refractivity contribution < 1.29 is 4.79 Å². The minimum atomic E-state index is 0.0773. The van der Waals surface area contributed by atoms with Crippen molar-refractivity contribution in [3.05, 3.63) is 29.3 Å². The molecular formula is C17H25N3O. The van der Waals surface area contributed by atoms with Crippen LogP contribution in [-0.2, 0) is 17.6 Å². The van der Waals surface area contributed by atoms with Gasteiger partial charge in [0.1, 0.15) is 0 Å². The lowest BCUT2D eigenvalue weighted by atomic mass is 10.1. The quantitative estimate of drug-likeness (QED) is 0.868. The molecule has 0 bridgehead atoms. The van der Waals surface area contributed by atoms with Crippen LogP contribution in [0, 0.1) is 0 Å². The zero-order valence-corrected chi connectivity index (χ0v) is 12.8. The molecule has 114 valence electrons. The summed E-state index contributed by atoms with van der Waals surface area (Å²) in [5, 5.41) is 6.49. The molecule has 3 rings (SSSR count). The van der Waals surface area contributed by atoms with E-state index in [1.54, 1.807) is 0 Å². The summed E-state index contributed by atoms with van der Waals surface area (Å²) in [5.41, 5.74) is 3.78. The van der Waals surface area contributed by atoms with Crippen LogP contribution >= 0.6 is 0 Å². The van der Waals surface area contributed by atoms with Gasteiger partial charge in [0.25, 0.3) is 0 Å². The molecule has 1 aliphatic heterocycles. The average Bonchev–Trinajstić information content (AvgIpc) is 3.08. The topological polar surface area (TPSA) is 44.4 Å². The van der Waals surface area contributed by atoms with Gasteiger partial charge in [-0.05, 0) is 69.0 Å². The number of rotatable bonds is 5. The first-order valence-corrected chi connectivity index (χ1v) is 8.04. The molecule has 1 amide bonds. The molecule has 1 fully saturated rings. The smallest absolute Gasteiger partial charge is 0.238 e. The van der Waals surface area contributed by atoms with Crippen molar-refractivity contribution in [3.8, 4) is 0 Å². The van der Waals surface area contributed by atoms with Crippen LogP contribution in [0.3, 0.4) is 0 Å². The molecule has 21 heavy (non-hydrogen) atoms. The first kappa shape index (κ1) is 14.5. The number of nitrogens with zero attached hydrogens (tertiary/aromatic N) is 1. The van der Waals surface area contributed by atoms with E-state index in [-0.39, 0.29) is 5.91 Å². The predicted molar refractivity (Wildman–Crippen MR) is 85.6 cm³/mol. The van der Waals surface area contributed by atoms with Crippen LogP contribution in [0.1, 0.15) is 30.4 Å². The van der Waals surface area contributed by atoms with Gasteiger partial charge in [-0.2, -0.15) is 0 Å². The number of hydrogen-bond acceptors (Lipinski definition) is 3. The number of carbonyl (C=O) groups is 1. The highest BCUT2D eigenvalue weighted by atomic mass is 16.2. The van der Waals surface area contributed by atoms with E-state index >= 15 is 0 Å². The molecule has 1 aromatic rings. The molecule has 4 heteroatoms. The number of carbonyl (C=O) groups excluding carboxylic acids is 1. The molecular weight excluding hydrogens is 262 g/mol. The molecule has 0 aromatic heterocycles. The van der Waals surface area contributed by atoms with E-state index < -0.39 is 0 Å². The van der Waals surface area contributed by atoms with Gasteiger partial charge in [-0.3, -0.25) is 9.69 Å². The van der Waals surface area contributed by atoms with Crippen molar-refractivity contribution in [2.45, 2.75) is 38.1 Å². The summed E-state index contributed by atoms with van der Waals surface area (Å²) < 4.78 is 0. The first-order valence-electron chi connectivity index (χ1n) is 8.04. The van der Waals surface area contributed by atoms with Gasteiger partial charge in [0.2, 0.25) is 5.91 Å². The number of aryl methyl sites for hydroxylation is 2. The van der Waals surface area contributed by atoms with Crippen LogP contribution in [-0.4, -0.2) is 43.5 Å². The minimum absolute atomic E-state index is 0.0773. The maximum Gasteiger partial charge on any atom is 0.238 e. The fourth-order valence-corrected chi connectivity index (χ4v) is 3.45. The summed E-state index contributed by atoms with van der Waals surface area (Å²) in [6.45, 7) is 2.51. The molecule has 2 N–H and O–H groups in total. The largest absolute Gasteiger partial charge is 0.325 e. The fraction of sp³-hybridized carbons (Fsp3) is 0.588. The Balaban J connectivity index is 1.49. The van der Waals surface area contributed by atoms with Gasteiger partial charge < -0.3 is 10.6 Å². The highest BCUT2D eigenvalue weighted by molar-refractivity contribution is 5.92. The second-order valence-corrected chi connectivity index (χ2v) is 6.38. The van der Waals surface area contributed by atoms with Gasteiger partial charge >= 0.3 is 0 Å². The molecule has 1 heterocycles. The molecule has 4 nitrogen and oxygen atoms in total. The van der Waals surface area contributed by atoms with Crippen molar-refractivity contribution in [1.82, 2.24) is 10.2 Å². The lowest BCUT2D eigenvalue weighted by Gasteiger charge is -2.20. The fourth-order valence-electron chi connectivity index (χ4n) is 3.45. The Morgan fingerprint density at radius 2 is 2.19 bits per heavy atom. The summed E-state index contributed by atoms with van der Waals surface area (Å²) in [6, 6.07) is 6.87. The average molecular weight is 287 g/mol. The van der Waals surface area contributed by atoms with Crippen LogP contribution in [0.25, 0.3) is 0 Å². The van der Waals surface area contributed by atoms with E-state index in [0.717, 1.165) is 25.2 Å². The summed E-state index contributed by atoms with van der Waals surface area (Å²) in [5.74, 6) is 0.0773. The Kier molecular flexibility index (Phi) is 4.56. The Labute approximate surface area is 126 Å². The van der Waals surface area contributed by atoms with E-state index in [1.807, 2.05) is 13.1 Å². The van der Waals surface area contributed by atoms with Crippen molar-refractivity contribution in [2.24, 2.45) is 0 Å². The molecule has 1 aliphatic carbocycles. The predicted octanol–water partition coefficient (Wildman–Crippen LogP) is 1.80. The first-order chi connectivity index (χ1) is 10.2. The SMILES string of the molecule is CN(CC(=O)Nc1ccc2c(c1)CCC2)CC1CCCN1. The normalized spacial score (nSPS) is 20.8. The van der Waals surface area contributed by atoms with Crippen LogP contribution in [0.5, 0.6) is 0 Å². The maximum absolute atomic E-state index is 12.1. The van der Waals surface area contributed by atoms with Crippen molar-refractivity contribution in [3.63, 3.8) is 0 Å². The van der Waals surface area contributed by atoms with Crippen molar-refractivity contribution >= 4 is 11.6 Å². The number of benzene rings is 1. The van der Waals surface area contributed by atoms with Gasteiger partial charge in [-0.25, -0.2) is 0 Å². The van der Waals surface area contributed by atoms with E-state index in [4.69, 9.17) is 0 Å². The summed E-state index contributed by atoms with van der Waals surface area (Å²) in [7, 11) is 2.02. The van der Waals surface area contributed by atoms with E-state index in [2.05, 4.69) is 27.7 Å².